The molecule has 6 nitrogen and oxygen atoms in total. The van der Waals surface area contributed by atoms with Crippen LogP contribution in [0.2, 0.25) is 10.0 Å². The fourth-order valence-corrected chi connectivity index (χ4v) is 4.98. The van der Waals surface area contributed by atoms with Gasteiger partial charge in [0.2, 0.25) is 0 Å². The van der Waals surface area contributed by atoms with E-state index in [0.717, 1.165) is 5.56 Å². The topological polar surface area (TPSA) is 82.1 Å². The molecule has 0 saturated heterocycles. The van der Waals surface area contributed by atoms with Gasteiger partial charge in [-0.05, 0) is 73.4 Å². The predicted molar refractivity (Wildman–Crippen MR) is 154 cm³/mol. The first kappa shape index (κ1) is 27.6. The second-order valence-electron chi connectivity index (χ2n) is 9.39. The van der Waals surface area contributed by atoms with E-state index in [1.165, 1.54) is 0 Å². The zero-order chi connectivity index (χ0) is 28.1. The third-order valence-electron chi connectivity index (χ3n) is 6.69. The largest absolute Gasteiger partial charge is 0.493 e. The van der Waals surface area contributed by atoms with Crippen LogP contribution in [-0.2, 0) is 11.2 Å². The van der Waals surface area contributed by atoms with E-state index in [0.29, 0.717) is 77.2 Å². The molecule has 0 aliphatic carbocycles. The molecular formula is C32H26Cl2O6. The van der Waals surface area contributed by atoms with Crippen molar-refractivity contribution in [3.8, 4) is 28.7 Å². The third kappa shape index (κ3) is 6.41. The summed E-state index contributed by atoms with van der Waals surface area (Å²) in [5.74, 6) is 1.04. The van der Waals surface area contributed by atoms with Gasteiger partial charge in [0.1, 0.15) is 28.7 Å². The molecule has 0 bridgehead atoms. The first-order valence-corrected chi connectivity index (χ1v) is 13.6. The minimum absolute atomic E-state index is 0.0241. The number of carboxylic acid groups (broad SMARTS) is 1. The van der Waals surface area contributed by atoms with Crippen LogP contribution in [0.4, 0.5) is 0 Å². The fourth-order valence-electron chi connectivity index (χ4n) is 4.60. The number of carboxylic acids is 1. The molecule has 4 aromatic rings. The number of benzene rings is 4. The molecule has 0 spiro atoms. The Balaban J connectivity index is 1.19. The summed E-state index contributed by atoms with van der Waals surface area (Å²) >= 11 is 12.6. The van der Waals surface area contributed by atoms with Crippen LogP contribution in [0.1, 0.15) is 46.7 Å². The number of carbonyl (C=O) groups is 2. The van der Waals surface area contributed by atoms with E-state index in [9.17, 15) is 14.7 Å². The van der Waals surface area contributed by atoms with Crippen LogP contribution in [0, 0.1) is 0 Å². The van der Waals surface area contributed by atoms with Gasteiger partial charge in [0, 0.05) is 23.6 Å². The molecule has 0 saturated carbocycles. The van der Waals surface area contributed by atoms with Crippen molar-refractivity contribution in [1.82, 2.24) is 0 Å². The Morgan fingerprint density at radius 1 is 0.850 bits per heavy atom. The van der Waals surface area contributed by atoms with Gasteiger partial charge >= 0.3 is 5.97 Å². The Bertz CT molecular complexity index is 1530. The first-order valence-electron chi connectivity index (χ1n) is 12.9. The van der Waals surface area contributed by atoms with Gasteiger partial charge in [-0.3, -0.25) is 9.59 Å². The average Bonchev–Trinajstić information content (AvgIpc) is 2.95. The monoisotopic (exact) mass is 576 g/mol. The number of ketones is 1. The Morgan fingerprint density at radius 3 is 2.33 bits per heavy atom. The van der Waals surface area contributed by atoms with Crippen molar-refractivity contribution in [1.29, 1.82) is 0 Å². The minimum atomic E-state index is -0.913. The van der Waals surface area contributed by atoms with Crippen LogP contribution < -0.4 is 14.2 Å². The number of hydrogen-bond donors (Lipinski definition) is 1. The summed E-state index contributed by atoms with van der Waals surface area (Å²) in [6.45, 7) is 0.307. The van der Waals surface area contributed by atoms with Gasteiger partial charge in [-0.2, -0.15) is 0 Å². The van der Waals surface area contributed by atoms with E-state index in [4.69, 9.17) is 37.4 Å². The van der Waals surface area contributed by atoms with Crippen LogP contribution in [0.3, 0.4) is 0 Å². The molecule has 0 amide bonds. The second kappa shape index (κ2) is 12.5. The summed E-state index contributed by atoms with van der Waals surface area (Å²) in [5.41, 5.74) is 2.12. The smallest absolute Gasteiger partial charge is 0.311 e. The molecule has 0 aromatic heterocycles. The molecule has 1 unspecified atom stereocenters. The lowest BCUT2D eigenvalue weighted by Crippen LogP contribution is -2.20. The number of fused-ring (bicyclic) bond motifs is 1. The number of aryl methyl sites for hydroxylation is 1. The standard InChI is InChI=1S/C32H26Cl2O6/c33-25-8-2-4-11-29(25)40-28-10-3-1-6-21(28)7-5-9-27(35)20-12-14-22(15-13-20)39-31-19-30-24(18-26(31)34)23(32(36)37)16-17-38-30/h1-4,6,8,10-15,18-19,23H,5,7,9,16-17H2,(H,36,37). The maximum atomic E-state index is 12.9. The number of aliphatic carboxylic acids is 1. The molecule has 40 heavy (non-hydrogen) atoms. The summed E-state index contributed by atoms with van der Waals surface area (Å²) in [6.07, 6.45) is 2.09. The van der Waals surface area contributed by atoms with E-state index in [-0.39, 0.29) is 10.8 Å². The molecule has 8 heteroatoms. The summed E-state index contributed by atoms with van der Waals surface area (Å²) < 4.78 is 17.6. The summed E-state index contributed by atoms with van der Waals surface area (Å²) in [6, 6.07) is 25.1. The summed E-state index contributed by atoms with van der Waals surface area (Å²) in [4.78, 5) is 24.4. The van der Waals surface area contributed by atoms with Gasteiger partial charge in [0.15, 0.2) is 5.78 Å². The number of halogens is 2. The average molecular weight is 577 g/mol. The van der Waals surface area contributed by atoms with Gasteiger partial charge in [-0.15, -0.1) is 0 Å². The normalized spacial score (nSPS) is 14.1. The number of rotatable bonds is 10. The lowest BCUT2D eigenvalue weighted by molar-refractivity contribution is -0.139. The molecule has 204 valence electrons. The first-order chi connectivity index (χ1) is 19.4. The van der Waals surface area contributed by atoms with Crippen LogP contribution in [-0.4, -0.2) is 23.5 Å². The van der Waals surface area contributed by atoms with Crippen molar-refractivity contribution < 1.29 is 28.9 Å². The van der Waals surface area contributed by atoms with Crippen molar-refractivity contribution in [3.05, 3.63) is 112 Å². The number of ether oxygens (including phenoxy) is 3. The van der Waals surface area contributed by atoms with E-state index in [1.807, 2.05) is 42.5 Å². The molecule has 1 aliphatic heterocycles. The van der Waals surface area contributed by atoms with Gasteiger partial charge in [-0.25, -0.2) is 0 Å². The van der Waals surface area contributed by atoms with Crippen molar-refractivity contribution in [3.63, 3.8) is 0 Å². The predicted octanol–water partition coefficient (Wildman–Crippen LogP) is 8.73. The minimum Gasteiger partial charge on any atom is -0.493 e. The Kier molecular flexibility index (Phi) is 8.58. The quantitative estimate of drug-likeness (QED) is 0.190. The lowest BCUT2D eigenvalue weighted by Gasteiger charge is -2.24. The molecule has 1 heterocycles. The maximum Gasteiger partial charge on any atom is 0.311 e. The molecule has 0 fully saturated rings. The molecule has 5 rings (SSSR count). The van der Waals surface area contributed by atoms with Gasteiger partial charge in [-0.1, -0.05) is 53.5 Å². The van der Waals surface area contributed by atoms with Crippen molar-refractivity contribution in [2.45, 2.75) is 31.6 Å². The number of Topliss-reactive ketones (excluding diaryl/α,β-unsaturated/α-hetero) is 1. The summed E-state index contributed by atoms with van der Waals surface area (Å²) in [5, 5.41) is 10.3. The number of carbonyl (C=O) groups excluding carboxylic acids is 1. The Hall–Kier alpha value is -4.00. The van der Waals surface area contributed by atoms with Crippen molar-refractivity contribution in [2.75, 3.05) is 6.61 Å². The molecule has 1 atom stereocenters. The second-order valence-corrected chi connectivity index (χ2v) is 10.2. The summed E-state index contributed by atoms with van der Waals surface area (Å²) in [7, 11) is 0. The number of para-hydroxylation sites is 2. The highest BCUT2D eigenvalue weighted by Gasteiger charge is 2.29. The Morgan fingerprint density at radius 2 is 1.57 bits per heavy atom. The van der Waals surface area contributed by atoms with E-state index >= 15 is 0 Å². The SMILES string of the molecule is O=C(CCCc1ccccc1Oc1ccccc1Cl)c1ccc(Oc2cc3c(cc2Cl)C(C(=O)O)CCO3)cc1. The van der Waals surface area contributed by atoms with E-state index < -0.39 is 11.9 Å². The molecule has 4 aromatic carbocycles. The van der Waals surface area contributed by atoms with Gasteiger partial charge in [0.05, 0.1) is 22.6 Å². The lowest BCUT2D eigenvalue weighted by atomic mass is 9.93. The highest BCUT2D eigenvalue weighted by atomic mass is 35.5. The molecule has 1 N–H and O–H groups in total. The van der Waals surface area contributed by atoms with Gasteiger partial charge in [0.25, 0.3) is 0 Å². The van der Waals surface area contributed by atoms with Crippen LogP contribution >= 0.6 is 23.2 Å². The van der Waals surface area contributed by atoms with Crippen molar-refractivity contribution in [2.24, 2.45) is 0 Å². The van der Waals surface area contributed by atoms with Crippen LogP contribution in [0.5, 0.6) is 28.7 Å². The van der Waals surface area contributed by atoms with Crippen molar-refractivity contribution >= 4 is 35.0 Å². The number of hydrogen-bond acceptors (Lipinski definition) is 5. The van der Waals surface area contributed by atoms with E-state index in [1.54, 1.807) is 42.5 Å². The third-order valence-corrected chi connectivity index (χ3v) is 7.29. The van der Waals surface area contributed by atoms with Crippen LogP contribution in [0.15, 0.2) is 84.9 Å². The Labute approximate surface area is 242 Å². The molecule has 1 aliphatic rings. The van der Waals surface area contributed by atoms with Crippen LogP contribution in [0.25, 0.3) is 0 Å². The highest BCUT2D eigenvalue weighted by Crippen LogP contribution is 2.42. The van der Waals surface area contributed by atoms with E-state index in [2.05, 4.69) is 0 Å². The fraction of sp³-hybridized carbons (Fsp3) is 0.188. The maximum absolute atomic E-state index is 12.9. The molecule has 0 radical (unpaired) electrons. The van der Waals surface area contributed by atoms with Gasteiger partial charge < -0.3 is 19.3 Å². The highest BCUT2D eigenvalue weighted by molar-refractivity contribution is 6.32. The zero-order valence-corrected chi connectivity index (χ0v) is 23.0. The zero-order valence-electron chi connectivity index (χ0n) is 21.4. The molecular weight excluding hydrogens is 551 g/mol.